The number of hydrogen-bond acceptors (Lipinski definition) is 4. The molecule has 3 rings (SSSR count). The van der Waals surface area contributed by atoms with Crippen LogP contribution in [0.4, 0.5) is 8.78 Å². The van der Waals surface area contributed by atoms with Crippen LogP contribution in [0.3, 0.4) is 0 Å². The van der Waals surface area contributed by atoms with Gasteiger partial charge in [-0.25, -0.2) is 26.4 Å². The predicted molar refractivity (Wildman–Crippen MR) is 90.6 cm³/mol. The number of nitrogens with zero attached hydrogens (tertiary/aromatic N) is 1. The van der Waals surface area contributed by atoms with Crippen LogP contribution in [-0.2, 0) is 20.6 Å². The monoisotopic (exact) mass is 381 g/mol. The van der Waals surface area contributed by atoms with E-state index in [1.807, 2.05) is 0 Å². The summed E-state index contributed by atoms with van der Waals surface area (Å²) in [5.41, 5.74) is 0.961. The van der Waals surface area contributed by atoms with Crippen molar-refractivity contribution < 1.29 is 21.4 Å². The minimum atomic E-state index is -3.49. The number of hydrogen-bond donors (Lipinski definition) is 0. The first-order valence-electron chi connectivity index (χ1n) is 7.16. The molecule has 1 atom stereocenters. The Labute approximate surface area is 145 Å². The average Bonchev–Trinajstić information content (AvgIpc) is 2.53. The first-order valence-corrected chi connectivity index (χ1v) is 10.2. The maximum atomic E-state index is 14.0. The van der Waals surface area contributed by atoms with Gasteiger partial charge in [-0.1, -0.05) is 6.07 Å². The molecule has 0 amide bonds. The van der Waals surface area contributed by atoms with E-state index in [0.717, 1.165) is 18.4 Å². The molecule has 0 spiro atoms. The summed E-state index contributed by atoms with van der Waals surface area (Å²) in [5, 5.41) is 0.350. The van der Waals surface area contributed by atoms with Crippen molar-refractivity contribution in [1.29, 1.82) is 0 Å². The van der Waals surface area contributed by atoms with E-state index in [0.29, 0.717) is 27.4 Å². The van der Waals surface area contributed by atoms with Crippen LogP contribution in [0, 0.1) is 18.6 Å². The standard InChI is InChI=1S/C17H13F2NO3S2/c1-10-3-6-14-12(5-8-16(20-14)25(2,22)23)17(10)24(21)15-7-4-11(18)9-13(15)19/h3-9H,1-2H3. The molecule has 1 heterocycles. The molecule has 0 saturated carbocycles. The number of rotatable bonds is 3. The van der Waals surface area contributed by atoms with E-state index < -0.39 is 32.3 Å². The highest BCUT2D eigenvalue weighted by Crippen LogP contribution is 2.30. The minimum absolute atomic E-state index is 0.103. The van der Waals surface area contributed by atoms with E-state index in [4.69, 9.17) is 0 Å². The van der Waals surface area contributed by atoms with E-state index in [-0.39, 0.29) is 9.92 Å². The summed E-state index contributed by atoms with van der Waals surface area (Å²) in [6, 6.07) is 8.91. The Bertz CT molecular complexity index is 1130. The van der Waals surface area contributed by atoms with Gasteiger partial charge in [-0.15, -0.1) is 0 Å². The van der Waals surface area contributed by atoms with Crippen molar-refractivity contribution in [3.8, 4) is 0 Å². The smallest absolute Gasteiger partial charge is 0.192 e. The first kappa shape index (κ1) is 17.6. The van der Waals surface area contributed by atoms with E-state index in [9.17, 15) is 21.4 Å². The summed E-state index contributed by atoms with van der Waals surface area (Å²) in [4.78, 5) is 4.25. The number of fused-ring (bicyclic) bond motifs is 1. The van der Waals surface area contributed by atoms with Gasteiger partial charge in [0.05, 0.1) is 26.1 Å². The van der Waals surface area contributed by atoms with Crippen molar-refractivity contribution in [1.82, 2.24) is 4.98 Å². The van der Waals surface area contributed by atoms with Crippen LogP contribution in [0.25, 0.3) is 10.9 Å². The molecule has 0 saturated heterocycles. The zero-order valence-electron chi connectivity index (χ0n) is 13.3. The molecule has 4 nitrogen and oxygen atoms in total. The third kappa shape index (κ3) is 3.32. The van der Waals surface area contributed by atoms with Crippen molar-refractivity contribution in [2.24, 2.45) is 0 Å². The molecule has 0 aliphatic heterocycles. The molecular weight excluding hydrogens is 368 g/mol. The minimum Gasteiger partial charge on any atom is -0.249 e. The van der Waals surface area contributed by atoms with Gasteiger partial charge in [0.2, 0.25) is 0 Å². The van der Waals surface area contributed by atoms with Gasteiger partial charge in [0.1, 0.15) is 11.6 Å². The number of aryl methyl sites for hydroxylation is 1. The molecule has 0 N–H and O–H groups in total. The molecule has 0 fully saturated rings. The molecule has 0 bridgehead atoms. The van der Waals surface area contributed by atoms with Gasteiger partial charge in [-0.2, -0.15) is 0 Å². The van der Waals surface area contributed by atoms with Crippen LogP contribution in [-0.4, -0.2) is 23.9 Å². The van der Waals surface area contributed by atoms with E-state index in [2.05, 4.69) is 4.98 Å². The lowest BCUT2D eigenvalue weighted by molar-refractivity contribution is 0.562. The first-order chi connectivity index (χ1) is 11.7. The topological polar surface area (TPSA) is 64.1 Å². The number of aromatic nitrogens is 1. The van der Waals surface area contributed by atoms with Crippen LogP contribution in [0.5, 0.6) is 0 Å². The van der Waals surface area contributed by atoms with Gasteiger partial charge in [0, 0.05) is 17.7 Å². The van der Waals surface area contributed by atoms with Crippen LogP contribution in [0.15, 0.2) is 57.3 Å². The van der Waals surface area contributed by atoms with Crippen molar-refractivity contribution in [3.63, 3.8) is 0 Å². The molecule has 1 unspecified atom stereocenters. The summed E-state index contributed by atoms with van der Waals surface area (Å²) in [6.45, 7) is 1.71. The summed E-state index contributed by atoms with van der Waals surface area (Å²) in [7, 11) is -5.40. The lowest BCUT2D eigenvalue weighted by Crippen LogP contribution is -2.04. The molecule has 1 aromatic heterocycles. The number of halogens is 2. The van der Waals surface area contributed by atoms with Crippen LogP contribution < -0.4 is 0 Å². The van der Waals surface area contributed by atoms with Crippen LogP contribution >= 0.6 is 0 Å². The van der Waals surface area contributed by atoms with Crippen LogP contribution in [0.1, 0.15) is 5.56 Å². The average molecular weight is 381 g/mol. The third-order valence-corrected chi connectivity index (χ3v) is 6.28. The molecule has 130 valence electrons. The molecule has 8 heteroatoms. The molecular formula is C17H13F2NO3S2. The Morgan fingerprint density at radius 2 is 1.76 bits per heavy atom. The molecule has 2 aromatic carbocycles. The van der Waals surface area contributed by atoms with E-state index >= 15 is 0 Å². The van der Waals surface area contributed by atoms with Crippen molar-refractivity contribution >= 4 is 31.5 Å². The number of pyridine rings is 1. The second-order valence-corrected chi connectivity index (χ2v) is 8.89. The summed E-state index contributed by atoms with van der Waals surface area (Å²) in [5.74, 6) is -1.66. The lowest BCUT2D eigenvalue weighted by atomic mass is 10.1. The highest BCUT2D eigenvalue weighted by molar-refractivity contribution is 7.90. The van der Waals surface area contributed by atoms with Crippen molar-refractivity contribution in [2.75, 3.05) is 6.26 Å². The van der Waals surface area contributed by atoms with Gasteiger partial charge in [-0.3, -0.25) is 0 Å². The normalized spacial score (nSPS) is 13.1. The van der Waals surface area contributed by atoms with Gasteiger partial charge >= 0.3 is 0 Å². The Morgan fingerprint density at radius 1 is 1.04 bits per heavy atom. The quantitative estimate of drug-likeness (QED) is 0.698. The van der Waals surface area contributed by atoms with Crippen LogP contribution in [0.2, 0.25) is 0 Å². The number of benzene rings is 2. The maximum absolute atomic E-state index is 14.0. The number of sulfone groups is 1. The van der Waals surface area contributed by atoms with E-state index in [1.54, 1.807) is 19.1 Å². The predicted octanol–water partition coefficient (Wildman–Crippen LogP) is 3.39. The fourth-order valence-electron chi connectivity index (χ4n) is 2.46. The van der Waals surface area contributed by atoms with Gasteiger partial charge in [-0.05, 0) is 42.8 Å². The van der Waals surface area contributed by atoms with Gasteiger partial charge < -0.3 is 0 Å². The largest absolute Gasteiger partial charge is 0.249 e. The Morgan fingerprint density at radius 3 is 2.40 bits per heavy atom. The van der Waals surface area contributed by atoms with E-state index in [1.165, 1.54) is 12.1 Å². The summed E-state index contributed by atoms with van der Waals surface area (Å²) < 4.78 is 63.3. The molecule has 0 aliphatic carbocycles. The maximum Gasteiger partial charge on any atom is 0.192 e. The Kier molecular flexibility index (Phi) is 4.42. The van der Waals surface area contributed by atoms with Gasteiger partial charge in [0.15, 0.2) is 14.9 Å². The van der Waals surface area contributed by atoms with Gasteiger partial charge in [0.25, 0.3) is 0 Å². The SMILES string of the molecule is Cc1ccc2nc(S(C)(=O)=O)ccc2c1S(=O)c1ccc(F)cc1F. The summed E-state index contributed by atoms with van der Waals surface area (Å²) in [6.07, 6.45) is 1.04. The molecule has 25 heavy (non-hydrogen) atoms. The van der Waals surface area contributed by atoms with Crippen molar-refractivity contribution in [3.05, 3.63) is 59.7 Å². The highest BCUT2D eigenvalue weighted by Gasteiger charge is 2.19. The highest BCUT2D eigenvalue weighted by atomic mass is 32.2. The lowest BCUT2D eigenvalue weighted by Gasteiger charge is -2.11. The fraction of sp³-hybridized carbons (Fsp3) is 0.118. The van der Waals surface area contributed by atoms with Crippen molar-refractivity contribution in [2.45, 2.75) is 21.7 Å². The zero-order valence-corrected chi connectivity index (χ0v) is 14.9. The Hall–Kier alpha value is -2.19. The fourth-order valence-corrected chi connectivity index (χ4v) is 4.42. The molecule has 3 aromatic rings. The summed E-state index contributed by atoms with van der Waals surface area (Å²) >= 11 is 0. The Balaban J connectivity index is 2.25. The second-order valence-electron chi connectivity index (χ2n) is 5.54. The molecule has 0 aliphatic rings. The zero-order chi connectivity index (χ0) is 18.4. The molecule has 0 radical (unpaired) electrons. The third-order valence-electron chi connectivity index (χ3n) is 3.65. The second kappa shape index (κ2) is 6.27.